The average molecular weight is 271 g/mol. The third kappa shape index (κ3) is 3.45. The molecule has 0 bridgehead atoms. The largest absolute Gasteiger partial charge is 0.508 e. The number of carbonyl (C=O) groups is 1. The number of phenolic OH excluding ortho intramolecular Hbond substituents is 1. The molecule has 0 aromatic heterocycles. The molecule has 2 aromatic rings. The van der Waals surface area contributed by atoms with Gasteiger partial charge in [-0.15, -0.1) is 0 Å². The number of amides is 1. The number of hydrogen-bond donors (Lipinski definition) is 2. The van der Waals surface area contributed by atoms with E-state index in [1.54, 1.807) is 43.3 Å². The van der Waals surface area contributed by atoms with Crippen LogP contribution in [0.15, 0.2) is 48.5 Å². The van der Waals surface area contributed by atoms with Crippen LogP contribution in [0, 0.1) is 12.7 Å². The van der Waals surface area contributed by atoms with Crippen molar-refractivity contribution in [3.8, 4) is 5.75 Å². The topological polar surface area (TPSA) is 49.3 Å². The molecular weight excluding hydrogens is 257 g/mol. The van der Waals surface area contributed by atoms with Crippen molar-refractivity contribution < 1.29 is 14.3 Å². The van der Waals surface area contributed by atoms with E-state index in [4.69, 9.17) is 0 Å². The number of anilines is 1. The van der Waals surface area contributed by atoms with Crippen molar-refractivity contribution in [3.63, 3.8) is 0 Å². The Labute approximate surface area is 116 Å². The molecule has 0 spiro atoms. The number of aromatic hydroxyl groups is 1. The Kier molecular flexibility index (Phi) is 4.15. The second-order valence-electron chi connectivity index (χ2n) is 4.32. The summed E-state index contributed by atoms with van der Waals surface area (Å²) in [5.41, 5.74) is 1.89. The van der Waals surface area contributed by atoms with Crippen LogP contribution in [0.5, 0.6) is 5.75 Å². The minimum absolute atomic E-state index is 0.130. The predicted octanol–water partition coefficient (Wildman–Crippen LogP) is 3.49. The first kappa shape index (κ1) is 13.8. The molecule has 2 aromatic carbocycles. The van der Waals surface area contributed by atoms with E-state index in [0.717, 1.165) is 5.56 Å². The van der Waals surface area contributed by atoms with Gasteiger partial charge in [0, 0.05) is 17.3 Å². The van der Waals surface area contributed by atoms with E-state index in [1.807, 2.05) is 0 Å². The maximum atomic E-state index is 12.7. The van der Waals surface area contributed by atoms with E-state index >= 15 is 0 Å². The third-order valence-electron chi connectivity index (χ3n) is 2.86. The van der Waals surface area contributed by atoms with Crippen LogP contribution in [0.1, 0.15) is 11.1 Å². The second-order valence-corrected chi connectivity index (χ2v) is 4.32. The molecule has 0 atom stereocenters. The van der Waals surface area contributed by atoms with Crippen LogP contribution in [0.25, 0.3) is 6.08 Å². The van der Waals surface area contributed by atoms with Gasteiger partial charge in [0.2, 0.25) is 5.91 Å². The molecule has 20 heavy (non-hydrogen) atoms. The Morgan fingerprint density at radius 3 is 2.60 bits per heavy atom. The quantitative estimate of drug-likeness (QED) is 0.839. The zero-order chi connectivity index (χ0) is 14.5. The van der Waals surface area contributed by atoms with Crippen molar-refractivity contribution >= 4 is 17.7 Å². The lowest BCUT2D eigenvalue weighted by Crippen LogP contribution is -2.08. The van der Waals surface area contributed by atoms with Crippen molar-refractivity contribution in [1.29, 1.82) is 0 Å². The van der Waals surface area contributed by atoms with E-state index in [0.29, 0.717) is 11.3 Å². The molecule has 0 saturated heterocycles. The Morgan fingerprint density at radius 2 is 1.90 bits per heavy atom. The van der Waals surface area contributed by atoms with Gasteiger partial charge in [0.05, 0.1) is 0 Å². The number of benzene rings is 2. The van der Waals surface area contributed by atoms with Gasteiger partial charge in [-0.1, -0.05) is 18.2 Å². The maximum absolute atomic E-state index is 12.7. The van der Waals surface area contributed by atoms with Crippen LogP contribution in [0.4, 0.5) is 10.1 Å². The van der Waals surface area contributed by atoms with Gasteiger partial charge in [0.25, 0.3) is 0 Å². The van der Waals surface area contributed by atoms with E-state index in [-0.39, 0.29) is 17.5 Å². The van der Waals surface area contributed by atoms with Crippen molar-refractivity contribution in [2.24, 2.45) is 0 Å². The molecule has 4 heteroatoms. The summed E-state index contributed by atoms with van der Waals surface area (Å²) in [4.78, 5) is 11.8. The Bertz CT molecular complexity index is 648. The Morgan fingerprint density at radius 1 is 1.20 bits per heavy atom. The molecule has 0 aliphatic rings. The Balaban J connectivity index is 2.05. The van der Waals surface area contributed by atoms with E-state index in [2.05, 4.69) is 5.32 Å². The van der Waals surface area contributed by atoms with Crippen LogP contribution in [-0.2, 0) is 4.79 Å². The zero-order valence-electron chi connectivity index (χ0n) is 10.9. The lowest BCUT2D eigenvalue weighted by molar-refractivity contribution is -0.111. The molecule has 2 N–H and O–H groups in total. The van der Waals surface area contributed by atoms with Gasteiger partial charge in [-0.25, -0.2) is 4.39 Å². The highest BCUT2D eigenvalue weighted by Gasteiger charge is 2.04. The van der Waals surface area contributed by atoms with E-state index < -0.39 is 0 Å². The molecule has 3 nitrogen and oxygen atoms in total. The van der Waals surface area contributed by atoms with Crippen LogP contribution >= 0.6 is 0 Å². The number of phenols is 1. The van der Waals surface area contributed by atoms with Gasteiger partial charge < -0.3 is 10.4 Å². The molecule has 102 valence electrons. The van der Waals surface area contributed by atoms with Gasteiger partial charge in [-0.3, -0.25) is 4.79 Å². The summed E-state index contributed by atoms with van der Waals surface area (Å²) in [6.45, 7) is 1.72. The highest BCUT2D eigenvalue weighted by Crippen LogP contribution is 2.23. The predicted molar refractivity (Wildman–Crippen MR) is 76.9 cm³/mol. The highest BCUT2D eigenvalue weighted by atomic mass is 19.1. The lowest BCUT2D eigenvalue weighted by Gasteiger charge is -2.07. The molecule has 0 saturated carbocycles. The second kappa shape index (κ2) is 6.02. The molecule has 0 aliphatic heterocycles. The molecule has 0 heterocycles. The SMILES string of the molecule is Cc1c(O)cccc1NC(=O)C=Cc1ccc(F)cc1. The summed E-state index contributed by atoms with van der Waals surface area (Å²) in [5.74, 6) is -0.504. The normalized spacial score (nSPS) is 10.7. The number of rotatable bonds is 3. The van der Waals surface area contributed by atoms with Crippen LogP contribution in [0.2, 0.25) is 0 Å². The van der Waals surface area contributed by atoms with Crippen LogP contribution in [-0.4, -0.2) is 11.0 Å². The van der Waals surface area contributed by atoms with Crippen molar-refractivity contribution in [1.82, 2.24) is 0 Å². The first-order valence-corrected chi connectivity index (χ1v) is 6.09. The van der Waals surface area contributed by atoms with E-state index in [1.165, 1.54) is 18.2 Å². The summed E-state index contributed by atoms with van der Waals surface area (Å²) in [6.07, 6.45) is 2.95. The summed E-state index contributed by atoms with van der Waals surface area (Å²) >= 11 is 0. The summed E-state index contributed by atoms with van der Waals surface area (Å²) in [6, 6.07) is 10.7. The molecule has 0 fully saturated rings. The molecule has 0 aliphatic carbocycles. The average Bonchev–Trinajstić information content (AvgIpc) is 2.43. The van der Waals surface area contributed by atoms with Gasteiger partial charge in [0.1, 0.15) is 11.6 Å². The first-order chi connectivity index (χ1) is 9.56. The number of nitrogens with one attached hydrogen (secondary N) is 1. The molecule has 0 unspecified atom stereocenters. The van der Waals surface area contributed by atoms with Crippen molar-refractivity contribution in [2.75, 3.05) is 5.32 Å². The minimum Gasteiger partial charge on any atom is -0.508 e. The van der Waals surface area contributed by atoms with E-state index in [9.17, 15) is 14.3 Å². The summed E-state index contributed by atoms with van der Waals surface area (Å²) in [7, 11) is 0. The monoisotopic (exact) mass is 271 g/mol. The molecular formula is C16H14FNO2. The highest BCUT2D eigenvalue weighted by molar-refractivity contribution is 6.02. The van der Waals surface area contributed by atoms with Gasteiger partial charge >= 0.3 is 0 Å². The zero-order valence-corrected chi connectivity index (χ0v) is 10.9. The number of hydrogen-bond acceptors (Lipinski definition) is 2. The van der Waals surface area contributed by atoms with Crippen LogP contribution in [0.3, 0.4) is 0 Å². The number of carbonyl (C=O) groups excluding carboxylic acids is 1. The van der Waals surface area contributed by atoms with Gasteiger partial charge in [-0.05, 0) is 42.8 Å². The molecule has 2 rings (SSSR count). The fraction of sp³-hybridized carbons (Fsp3) is 0.0625. The van der Waals surface area contributed by atoms with Gasteiger partial charge in [0.15, 0.2) is 0 Å². The third-order valence-corrected chi connectivity index (χ3v) is 2.86. The fourth-order valence-corrected chi connectivity index (χ4v) is 1.68. The Hall–Kier alpha value is -2.62. The van der Waals surface area contributed by atoms with Crippen molar-refractivity contribution in [3.05, 3.63) is 65.5 Å². The van der Waals surface area contributed by atoms with Crippen LogP contribution < -0.4 is 5.32 Å². The summed E-state index contributed by atoms with van der Waals surface area (Å²) in [5, 5.41) is 12.2. The lowest BCUT2D eigenvalue weighted by atomic mass is 10.1. The number of halogens is 1. The summed E-state index contributed by atoms with van der Waals surface area (Å²) < 4.78 is 12.7. The van der Waals surface area contributed by atoms with Crippen molar-refractivity contribution in [2.45, 2.75) is 6.92 Å². The standard InChI is InChI=1S/C16H14FNO2/c1-11-14(3-2-4-15(11)19)18-16(20)10-7-12-5-8-13(17)9-6-12/h2-10,19H,1H3,(H,18,20). The van der Waals surface area contributed by atoms with Gasteiger partial charge in [-0.2, -0.15) is 0 Å². The fourth-order valence-electron chi connectivity index (χ4n) is 1.68. The molecule has 0 radical (unpaired) electrons. The smallest absolute Gasteiger partial charge is 0.248 e. The minimum atomic E-state index is -0.318. The molecule has 1 amide bonds. The maximum Gasteiger partial charge on any atom is 0.248 e. The first-order valence-electron chi connectivity index (χ1n) is 6.09.